The highest BCUT2D eigenvalue weighted by Crippen LogP contribution is 2.30. The summed E-state index contributed by atoms with van der Waals surface area (Å²) in [5, 5.41) is 3.70. The van der Waals surface area contributed by atoms with E-state index in [0.717, 1.165) is 24.2 Å². The van der Waals surface area contributed by atoms with Gasteiger partial charge in [-0.15, -0.1) is 0 Å². The van der Waals surface area contributed by atoms with Gasteiger partial charge in [0.25, 0.3) is 0 Å². The van der Waals surface area contributed by atoms with Gasteiger partial charge >= 0.3 is 0 Å². The third-order valence-corrected chi connectivity index (χ3v) is 4.47. The first-order valence-corrected chi connectivity index (χ1v) is 8.18. The molecule has 1 aliphatic carbocycles. The molecule has 2 rings (SSSR count). The minimum atomic E-state index is 0.621. The highest BCUT2D eigenvalue weighted by atomic mass is 16.5. The van der Waals surface area contributed by atoms with Gasteiger partial charge in [-0.25, -0.2) is 0 Å². The maximum absolute atomic E-state index is 5.57. The van der Waals surface area contributed by atoms with Crippen LogP contribution in [0.25, 0.3) is 0 Å². The Morgan fingerprint density at radius 3 is 2.80 bits per heavy atom. The zero-order chi connectivity index (χ0) is 14.4. The maximum Gasteiger partial charge on any atom is 0.121 e. The predicted molar refractivity (Wildman–Crippen MR) is 86.4 cm³/mol. The van der Waals surface area contributed by atoms with E-state index in [1.807, 2.05) is 13.0 Å². The van der Waals surface area contributed by atoms with E-state index in [4.69, 9.17) is 4.74 Å². The molecule has 0 bridgehead atoms. The van der Waals surface area contributed by atoms with Crippen molar-refractivity contribution in [1.82, 2.24) is 0 Å². The minimum Gasteiger partial charge on any atom is -0.494 e. The summed E-state index contributed by atoms with van der Waals surface area (Å²) < 4.78 is 5.57. The molecular weight excluding hydrogens is 246 g/mol. The van der Waals surface area contributed by atoms with Crippen molar-refractivity contribution in [3.8, 4) is 5.75 Å². The number of nitrogens with one attached hydrogen (secondary N) is 1. The van der Waals surface area contributed by atoms with Crippen LogP contribution in [-0.4, -0.2) is 12.6 Å². The van der Waals surface area contributed by atoms with Gasteiger partial charge in [0.05, 0.1) is 6.61 Å². The Bertz CT molecular complexity index is 402. The van der Waals surface area contributed by atoms with E-state index in [1.54, 1.807) is 0 Å². The van der Waals surface area contributed by atoms with Crippen LogP contribution < -0.4 is 10.1 Å². The standard InChI is InChI=1S/C18H29NO/c1-4-20-18-10-6-9-17(13-18)19-16-8-5-7-15(11-12-16)14(2)3/h6,9-10,13-16,19H,4-5,7-8,11-12H2,1-3H3. The zero-order valence-corrected chi connectivity index (χ0v) is 13.2. The number of hydrogen-bond donors (Lipinski definition) is 1. The third kappa shape index (κ3) is 4.43. The molecule has 2 atom stereocenters. The highest BCUT2D eigenvalue weighted by molar-refractivity contribution is 5.48. The Labute approximate surface area is 123 Å². The fourth-order valence-electron chi connectivity index (χ4n) is 3.22. The van der Waals surface area contributed by atoms with Crippen LogP contribution in [0.2, 0.25) is 0 Å². The van der Waals surface area contributed by atoms with E-state index in [2.05, 4.69) is 37.4 Å². The molecule has 0 radical (unpaired) electrons. The number of ether oxygens (including phenoxy) is 1. The largest absolute Gasteiger partial charge is 0.494 e. The lowest BCUT2D eigenvalue weighted by atomic mass is 9.89. The molecule has 1 fully saturated rings. The number of hydrogen-bond acceptors (Lipinski definition) is 2. The summed E-state index contributed by atoms with van der Waals surface area (Å²) >= 11 is 0. The van der Waals surface area contributed by atoms with Crippen molar-refractivity contribution in [3.63, 3.8) is 0 Å². The highest BCUT2D eigenvalue weighted by Gasteiger charge is 2.20. The Balaban J connectivity index is 1.91. The van der Waals surface area contributed by atoms with Crippen LogP contribution in [0.1, 0.15) is 52.9 Å². The van der Waals surface area contributed by atoms with Crippen LogP contribution in [0.3, 0.4) is 0 Å². The average Bonchev–Trinajstić information content (AvgIpc) is 2.65. The van der Waals surface area contributed by atoms with Crippen molar-refractivity contribution in [3.05, 3.63) is 24.3 Å². The van der Waals surface area contributed by atoms with Crippen molar-refractivity contribution in [1.29, 1.82) is 0 Å². The third-order valence-electron chi connectivity index (χ3n) is 4.47. The first-order valence-electron chi connectivity index (χ1n) is 8.18. The minimum absolute atomic E-state index is 0.621. The number of rotatable bonds is 5. The Hall–Kier alpha value is -1.18. The molecule has 112 valence electrons. The SMILES string of the molecule is CCOc1cccc(NC2CCCC(C(C)C)CC2)c1. The average molecular weight is 275 g/mol. The summed E-state index contributed by atoms with van der Waals surface area (Å²) in [5.74, 6) is 2.71. The summed E-state index contributed by atoms with van der Waals surface area (Å²) in [6.45, 7) is 7.48. The van der Waals surface area contributed by atoms with Crippen molar-refractivity contribution in [2.75, 3.05) is 11.9 Å². The van der Waals surface area contributed by atoms with E-state index in [-0.39, 0.29) is 0 Å². The van der Waals surface area contributed by atoms with E-state index in [1.165, 1.54) is 37.8 Å². The van der Waals surface area contributed by atoms with Crippen molar-refractivity contribution in [2.45, 2.75) is 58.9 Å². The van der Waals surface area contributed by atoms with Gasteiger partial charge in [0, 0.05) is 17.8 Å². The molecule has 0 spiro atoms. The van der Waals surface area contributed by atoms with E-state index < -0.39 is 0 Å². The molecule has 20 heavy (non-hydrogen) atoms. The molecule has 1 N–H and O–H groups in total. The topological polar surface area (TPSA) is 21.3 Å². The molecular formula is C18H29NO. The van der Waals surface area contributed by atoms with Crippen LogP contribution in [0.5, 0.6) is 5.75 Å². The van der Waals surface area contributed by atoms with Crippen molar-refractivity contribution in [2.24, 2.45) is 11.8 Å². The van der Waals surface area contributed by atoms with Crippen molar-refractivity contribution >= 4 is 5.69 Å². The second-order valence-corrected chi connectivity index (χ2v) is 6.31. The molecule has 0 aliphatic heterocycles. The molecule has 1 aromatic rings. The summed E-state index contributed by atoms with van der Waals surface area (Å²) in [5.41, 5.74) is 1.20. The number of benzene rings is 1. The fraction of sp³-hybridized carbons (Fsp3) is 0.667. The molecule has 0 amide bonds. The van der Waals surface area contributed by atoms with Gasteiger partial charge in [-0.3, -0.25) is 0 Å². The van der Waals surface area contributed by atoms with Crippen LogP contribution in [0, 0.1) is 11.8 Å². The lowest BCUT2D eigenvalue weighted by molar-refractivity contribution is 0.340. The quantitative estimate of drug-likeness (QED) is 0.755. The molecule has 2 heteroatoms. The van der Waals surface area contributed by atoms with Crippen molar-refractivity contribution < 1.29 is 4.74 Å². The summed E-state index contributed by atoms with van der Waals surface area (Å²) in [6, 6.07) is 8.98. The zero-order valence-electron chi connectivity index (χ0n) is 13.2. The first kappa shape index (κ1) is 15.2. The van der Waals surface area contributed by atoms with Gasteiger partial charge in [0.15, 0.2) is 0 Å². The molecule has 2 unspecified atom stereocenters. The van der Waals surface area contributed by atoms with E-state index in [0.29, 0.717) is 6.04 Å². The van der Waals surface area contributed by atoms with Gasteiger partial charge in [0.2, 0.25) is 0 Å². The van der Waals surface area contributed by atoms with E-state index >= 15 is 0 Å². The van der Waals surface area contributed by atoms with Gasteiger partial charge in [-0.2, -0.15) is 0 Å². The summed E-state index contributed by atoms with van der Waals surface area (Å²) in [7, 11) is 0. The first-order chi connectivity index (χ1) is 9.69. The lowest BCUT2D eigenvalue weighted by Crippen LogP contribution is -2.18. The maximum atomic E-state index is 5.57. The second kappa shape index (κ2) is 7.56. The monoisotopic (exact) mass is 275 g/mol. The molecule has 1 aliphatic rings. The molecule has 1 saturated carbocycles. The molecule has 1 aromatic carbocycles. The summed E-state index contributed by atoms with van der Waals surface area (Å²) in [6.07, 6.45) is 6.70. The van der Waals surface area contributed by atoms with Crippen LogP contribution in [-0.2, 0) is 0 Å². The predicted octanol–water partition coefficient (Wildman–Crippen LogP) is 5.10. The van der Waals surface area contributed by atoms with Crippen LogP contribution in [0.4, 0.5) is 5.69 Å². The van der Waals surface area contributed by atoms with Gasteiger partial charge in [-0.05, 0) is 50.2 Å². The molecule has 0 saturated heterocycles. The normalized spacial score (nSPS) is 23.4. The smallest absolute Gasteiger partial charge is 0.121 e. The Kier molecular flexibility index (Phi) is 5.75. The molecule has 0 heterocycles. The Morgan fingerprint density at radius 2 is 2.05 bits per heavy atom. The lowest BCUT2D eigenvalue weighted by Gasteiger charge is -2.20. The summed E-state index contributed by atoms with van der Waals surface area (Å²) in [4.78, 5) is 0. The van der Waals surface area contributed by atoms with Crippen LogP contribution >= 0.6 is 0 Å². The Morgan fingerprint density at radius 1 is 1.20 bits per heavy atom. The molecule has 2 nitrogen and oxygen atoms in total. The second-order valence-electron chi connectivity index (χ2n) is 6.31. The van der Waals surface area contributed by atoms with Gasteiger partial charge < -0.3 is 10.1 Å². The fourth-order valence-corrected chi connectivity index (χ4v) is 3.22. The van der Waals surface area contributed by atoms with E-state index in [9.17, 15) is 0 Å². The van der Waals surface area contributed by atoms with Crippen LogP contribution in [0.15, 0.2) is 24.3 Å². The molecule has 0 aromatic heterocycles. The van der Waals surface area contributed by atoms with Gasteiger partial charge in [0.1, 0.15) is 5.75 Å². The number of anilines is 1. The van der Waals surface area contributed by atoms with Gasteiger partial charge in [-0.1, -0.05) is 32.8 Å².